The molecule has 10 nitrogen and oxygen atoms in total. The number of ether oxygens (including phenoxy) is 2. The molecule has 0 unspecified atom stereocenters. The number of anilines is 2. The van der Waals surface area contributed by atoms with Crippen molar-refractivity contribution in [3.05, 3.63) is 70.7 Å². The van der Waals surface area contributed by atoms with E-state index in [-0.39, 0.29) is 23.4 Å². The molecular formula is C25H25F4N5O5S. The van der Waals surface area contributed by atoms with Gasteiger partial charge in [0, 0.05) is 32.8 Å². The van der Waals surface area contributed by atoms with Crippen molar-refractivity contribution in [1.29, 1.82) is 0 Å². The van der Waals surface area contributed by atoms with Gasteiger partial charge in [-0.15, -0.1) is 0 Å². The van der Waals surface area contributed by atoms with Gasteiger partial charge in [-0.25, -0.2) is 17.8 Å². The van der Waals surface area contributed by atoms with Crippen molar-refractivity contribution in [3.63, 3.8) is 0 Å². The average Bonchev–Trinajstić information content (AvgIpc) is 3.24. The molecule has 0 fully saturated rings. The van der Waals surface area contributed by atoms with Gasteiger partial charge in [-0.05, 0) is 17.2 Å². The van der Waals surface area contributed by atoms with Crippen LogP contribution in [0.5, 0.6) is 11.6 Å². The van der Waals surface area contributed by atoms with Gasteiger partial charge in [0.05, 0.1) is 30.7 Å². The number of rotatable bonds is 8. The molecule has 0 aliphatic heterocycles. The summed E-state index contributed by atoms with van der Waals surface area (Å²) in [5, 5.41) is 4.88. The maximum Gasteiger partial charge on any atom is 0.423 e. The van der Waals surface area contributed by atoms with Crippen LogP contribution in [0.25, 0.3) is 0 Å². The maximum absolute atomic E-state index is 14.6. The summed E-state index contributed by atoms with van der Waals surface area (Å²) in [6, 6.07) is 7.95. The predicted molar refractivity (Wildman–Crippen MR) is 137 cm³/mol. The number of halogens is 4. The first-order valence-electron chi connectivity index (χ1n) is 11.7. The van der Waals surface area contributed by atoms with E-state index in [1.165, 1.54) is 21.2 Å². The first-order valence-corrected chi connectivity index (χ1v) is 13.6. The number of alkyl halides is 3. The normalized spacial score (nSPS) is 16.9. The zero-order chi connectivity index (χ0) is 29.4. The van der Waals surface area contributed by atoms with Crippen molar-refractivity contribution in [2.75, 3.05) is 32.8 Å². The van der Waals surface area contributed by atoms with Gasteiger partial charge in [-0.1, -0.05) is 24.3 Å². The second kappa shape index (κ2) is 10.9. The number of carbonyl (C=O) groups excluding carboxylic acids is 1. The van der Waals surface area contributed by atoms with Gasteiger partial charge < -0.3 is 20.1 Å². The minimum absolute atomic E-state index is 0.00736. The van der Waals surface area contributed by atoms with Crippen LogP contribution < -0.4 is 20.1 Å². The molecule has 4 rings (SSSR count). The molecule has 1 aliphatic rings. The molecule has 0 saturated heterocycles. The highest BCUT2D eigenvalue weighted by Crippen LogP contribution is 2.42. The second-order valence-corrected chi connectivity index (χ2v) is 11.0. The number of nitrogens with zero attached hydrogens (tertiary/aromatic N) is 3. The molecule has 15 heteroatoms. The Hall–Kier alpha value is -3.98. The third-order valence-corrected chi connectivity index (χ3v) is 7.66. The summed E-state index contributed by atoms with van der Waals surface area (Å²) in [5.41, 5.74) is -0.364. The van der Waals surface area contributed by atoms with E-state index in [2.05, 4.69) is 20.6 Å². The van der Waals surface area contributed by atoms with Crippen LogP contribution in [0.2, 0.25) is 0 Å². The van der Waals surface area contributed by atoms with Gasteiger partial charge in [0.25, 0.3) is 5.91 Å². The Balaban J connectivity index is 1.73. The molecule has 1 aliphatic carbocycles. The highest BCUT2D eigenvalue weighted by atomic mass is 32.2. The summed E-state index contributed by atoms with van der Waals surface area (Å²) in [6.45, 7) is 0. The summed E-state index contributed by atoms with van der Waals surface area (Å²) in [5.74, 6) is -2.89. The van der Waals surface area contributed by atoms with Crippen molar-refractivity contribution in [1.82, 2.24) is 19.6 Å². The van der Waals surface area contributed by atoms with E-state index in [0.717, 1.165) is 22.7 Å². The Morgan fingerprint density at radius 2 is 1.90 bits per heavy atom. The maximum atomic E-state index is 14.6. The monoisotopic (exact) mass is 583 g/mol. The van der Waals surface area contributed by atoms with Gasteiger partial charge in [0.15, 0.2) is 0 Å². The zero-order valence-corrected chi connectivity index (χ0v) is 22.5. The van der Waals surface area contributed by atoms with Crippen LogP contribution in [-0.4, -0.2) is 62.2 Å². The molecule has 40 heavy (non-hydrogen) atoms. The topological polar surface area (TPSA) is 123 Å². The Labute approximate surface area is 227 Å². The van der Waals surface area contributed by atoms with Crippen LogP contribution >= 0.6 is 0 Å². The summed E-state index contributed by atoms with van der Waals surface area (Å²) >= 11 is 0. The number of nitrogens with one attached hydrogen (secondary N) is 2. The highest BCUT2D eigenvalue weighted by Gasteiger charge is 2.43. The molecule has 0 saturated carbocycles. The van der Waals surface area contributed by atoms with Crippen LogP contribution in [0, 0.1) is 5.82 Å². The Kier molecular flexibility index (Phi) is 7.90. The Morgan fingerprint density at radius 1 is 1.20 bits per heavy atom. The van der Waals surface area contributed by atoms with Gasteiger partial charge in [0.2, 0.25) is 21.9 Å². The standard InChI is InChI=1S/C25H25F4N5O5S/c1-30-22(35)15-10-19(38-3)18(11-17(15)26)32-24-31-12-16(25(27,28)29)23(33-24)39-20-9-13-7-5-6-8-14(13)21(20)34(2)40(4,36)37/h5-8,10-12,20-21H,9H2,1-4H3,(H,30,35)(H,31,32,33)/t20-,21-/m1/s1. The molecule has 1 amide bonds. The number of aromatic nitrogens is 2. The summed E-state index contributed by atoms with van der Waals surface area (Å²) < 4.78 is 93.1. The minimum Gasteiger partial charge on any atom is -0.495 e. The van der Waals surface area contributed by atoms with Gasteiger partial charge in [0.1, 0.15) is 23.2 Å². The van der Waals surface area contributed by atoms with E-state index in [0.29, 0.717) is 17.3 Å². The number of hydrogen-bond acceptors (Lipinski definition) is 8. The second-order valence-electron chi connectivity index (χ2n) is 8.93. The molecule has 2 aromatic carbocycles. The number of hydrogen-bond donors (Lipinski definition) is 2. The first kappa shape index (κ1) is 29.0. The third kappa shape index (κ3) is 5.79. The van der Waals surface area contributed by atoms with Crippen LogP contribution in [0.1, 0.15) is 33.1 Å². The average molecular weight is 584 g/mol. The summed E-state index contributed by atoms with van der Waals surface area (Å²) in [4.78, 5) is 19.5. The number of amides is 1. The van der Waals surface area contributed by atoms with E-state index < -0.39 is 57.5 Å². The smallest absolute Gasteiger partial charge is 0.423 e. The van der Waals surface area contributed by atoms with E-state index in [1.807, 2.05) is 0 Å². The van der Waals surface area contributed by atoms with Crippen molar-refractivity contribution in [2.24, 2.45) is 0 Å². The zero-order valence-electron chi connectivity index (χ0n) is 21.7. The van der Waals surface area contributed by atoms with Gasteiger partial charge in [-0.3, -0.25) is 4.79 Å². The van der Waals surface area contributed by atoms with Crippen molar-refractivity contribution in [2.45, 2.75) is 24.7 Å². The number of methoxy groups -OCH3 is 1. The molecule has 2 atom stereocenters. The molecule has 1 heterocycles. The lowest BCUT2D eigenvalue weighted by Crippen LogP contribution is -2.38. The number of likely N-dealkylation sites (N-methyl/N-ethyl adjacent to an activating group) is 1. The summed E-state index contributed by atoms with van der Waals surface area (Å²) in [6.07, 6.45) is -4.36. The van der Waals surface area contributed by atoms with Gasteiger partial charge >= 0.3 is 6.18 Å². The Bertz CT molecular complexity index is 1550. The fourth-order valence-corrected chi connectivity index (χ4v) is 5.04. The van der Waals surface area contributed by atoms with E-state index >= 15 is 0 Å². The fraction of sp³-hybridized carbons (Fsp3) is 0.320. The predicted octanol–water partition coefficient (Wildman–Crippen LogP) is 3.68. The fourth-order valence-electron chi connectivity index (χ4n) is 4.38. The van der Waals surface area contributed by atoms with Crippen LogP contribution in [0.3, 0.4) is 0 Å². The third-order valence-electron chi connectivity index (χ3n) is 6.39. The minimum atomic E-state index is -4.91. The van der Waals surface area contributed by atoms with Crippen molar-refractivity contribution in [3.8, 4) is 11.6 Å². The lowest BCUT2D eigenvalue weighted by Gasteiger charge is -2.29. The molecule has 0 bridgehead atoms. The number of carbonyl (C=O) groups is 1. The van der Waals surface area contributed by atoms with Crippen molar-refractivity contribution >= 4 is 27.6 Å². The Morgan fingerprint density at radius 3 is 2.52 bits per heavy atom. The number of fused-ring (bicyclic) bond motifs is 1. The molecule has 2 N–H and O–H groups in total. The first-order chi connectivity index (χ1) is 18.7. The highest BCUT2D eigenvalue weighted by molar-refractivity contribution is 7.88. The van der Waals surface area contributed by atoms with Crippen molar-refractivity contribution < 1.29 is 40.2 Å². The molecule has 214 valence electrons. The lowest BCUT2D eigenvalue weighted by molar-refractivity contribution is -0.140. The van der Waals surface area contributed by atoms with Crippen LogP contribution in [0.4, 0.5) is 29.2 Å². The number of benzene rings is 2. The lowest BCUT2D eigenvalue weighted by atomic mass is 10.1. The molecule has 0 radical (unpaired) electrons. The summed E-state index contributed by atoms with van der Waals surface area (Å²) in [7, 11) is 0.135. The van der Waals surface area contributed by atoms with E-state index in [1.54, 1.807) is 24.3 Å². The van der Waals surface area contributed by atoms with Crippen LogP contribution in [-0.2, 0) is 22.6 Å². The molecular weight excluding hydrogens is 558 g/mol. The van der Waals surface area contributed by atoms with E-state index in [4.69, 9.17) is 9.47 Å². The molecule has 0 spiro atoms. The SMILES string of the molecule is CNC(=O)c1cc(OC)c(Nc2ncc(C(F)(F)F)c(O[C@@H]3Cc4ccccc4[C@H]3N(C)S(C)(=O)=O)n2)cc1F. The molecule has 3 aromatic rings. The quantitative estimate of drug-likeness (QED) is 0.385. The largest absolute Gasteiger partial charge is 0.495 e. The molecule has 1 aromatic heterocycles. The van der Waals surface area contributed by atoms with Crippen LogP contribution in [0.15, 0.2) is 42.6 Å². The van der Waals surface area contributed by atoms with Gasteiger partial charge in [-0.2, -0.15) is 22.5 Å². The number of sulfonamides is 1. The van der Waals surface area contributed by atoms with E-state index in [9.17, 15) is 30.8 Å².